The van der Waals surface area contributed by atoms with Gasteiger partial charge in [0.15, 0.2) is 23.0 Å². The molecule has 4 aromatic carbocycles. The molecule has 71 heavy (non-hydrogen) atoms. The van der Waals surface area contributed by atoms with Crippen LogP contribution in [0.3, 0.4) is 0 Å². The molecule has 0 radical (unpaired) electrons. The van der Waals surface area contributed by atoms with E-state index in [4.69, 9.17) is 30.5 Å². The van der Waals surface area contributed by atoms with Gasteiger partial charge in [-0.1, -0.05) is 71.9 Å². The Morgan fingerprint density at radius 2 is 1.15 bits per heavy atom. The molecular weight excluding hydrogens is 1010 g/mol. The number of nitrogens with zero attached hydrogens (tertiary/aromatic N) is 3. The van der Waals surface area contributed by atoms with Crippen molar-refractivity contribution in [1.29, 1.82) is 0 Å². The minimum absolute atomic E-state index is 0. The zero-order chi connectivity index (χ0) is 49.6. The Labute approximate surface area is 438 Å². The fourth-order valence-electron chi connectivity index (χ4n) is 9.47. The number of fused-ring (bicyclic) bond motifs is 4. The number of ketones is 2. The van der Waals surface area contributed by atoms with Crippen molar-refractivity contribution in [2.24, 2.45) is 5.41 Å². The van der Waals surface area contributed by atoms with Crippen molar-refractivity contribution in [3.8, 4) is 23.0 Å². The summed E-state index contributed by atoms with van der Waals surface area (Å²) in [5.41, 5.74) is 8.23. The number of rotatable bonds is 11. The average Bonchev–Trinajstić information content (AvgIpc) is 4.03. The first-order valence-corrected chi connectivity index (χ1v) is 24.5. The number of aromatic nitrogens is 1. The molecule has 2 fully saturated rings. The van der Waals surface area contributed by atoms with Crippen LogP contribution in [-0.2, 0) is 81.7 Å². The molecule has 1 atom stereocenters. The molecule has 384 valence electrons. The third-order valence-electron chi connectivity index (χ3n) is 14.3. The Morgan fingerprint density at radius 3 is 1.61 bits per heavy atom. The number of amides is 2. The number of Topliss-reactive ketones (excluding diaryl/α,β-unsaturated/α-hetero) is 2. The summed E-state index contributed by atoms with van der Waals surface area (Å²) in [4.78, 5) is 52.6. The van der Waals surface area contributed by atoms with E-state index in [1.807, 2.05) is 42.5 Å². The van der Waals surface area contributed by atoms with E-state index in [-0.39, 0.29) is 81.2 Å². The van der Waals surface area contributed by atoms with E-state index in [9.17, 15) is 19.2 Å². The van der Waals surface area contributed by atoms with Crippen molar-refractivity contribution in [3.63, 3.8) is 0 Å². The fourth-order valence-corrected chi connectivity index (χ4v) is 9.71. The van der Waals surface area contributed by atoms with Gasteiger partial charge in [-0.25, -0.2) is 0 Å². The van der Waals surface area contributed by atoms with E-state index in [1.165, 1.54) is 16.2 Å². The Balaban J connectivity index is 0.000000202. The van der Waals surface area contributed by atoms with Gasteiger partial charge in [0, 0.05) is 95.2 Å². The van der Waals surface area contributed by atoms with Crippen LogP contribution in [0.1, 0.15) is 101 Å². The first-order chi connectivity index (χ1) is 32.6. The van der Waals surface area contributed by atoms with E-state index in [1.54, 1.807) is 33.1 Å². The maximum atomic E-state index is 13.5. The van der Waals surface area contributed by atoms with Gasteiger partial charge in [0.1, 0.15) is 24.0 Å². The molecule has 5 aromatic rings. The van der Waals surface area contributed by atoms with Crippen LogP contribution >= 0.6 is 11.6 Å². The van der Waals surface area contributed by atoms with E-state index < -0.39 is 5.41 Å². The topological polar surface area (TPSA) is 129 Å². The number of hydrogen-bond acceptors (Lipinski definition) is 9. The predicted molar refractivity (Wildman–Crippen MR) is 277 cm³/mol. The Hall–Kier alpha value is -5.35. The first kappa shape index (κ1) is 55.0. The second-order valence-corrected chi connectivity index (χ2v) is 22.0. The van der Waals surface area contributed by atoms with Crippen LogP contribution in [0.25, 0.3) is 10.9 Å². The van der Waals surface area contributed by atoms with Gasteiger partial charge in [-0.2, -0.15) is 0 Å². The van der Waals surface area contributed by atoms with Gasteiger partial charge in [0.05, 0.1) is 10.8 Å². The van der Waals surface area contributed by atoms with Crippen molar-refractivity contribution in [3.05, 3.63) is 120 Å². The number of nitrogens with one attached hydrogen (secondary N) is 1. The molecule has 4 heterocycles. The number of hydrogen-bond donors (Lipinski definition) is 1. The smallest absolute Gasteiger partial charge is 0.242 e. The summed E-state index contributed by atoms with van der Waals surface area (Å²) in [6, 6.07) is 27.1. The second kappa shape index (κ2) is 21.4. The summed E-state index contributed by atoms with van der Waals surface area (Å²) < 4.78 is 24.0. The summed E-state index contributed by atoms with van der Waals surface area (Å²) in [6.07, 6.45) is 5.47. The van der Waals surface area contributed by atoms with Gasteiger partial charge in [-0.3, -0.25) is 19.2 Å². The summed E-state index contributed by atoms with van der Waals surface area (Å²) >= 11 is 5.16. The van der Waals surface area contributed by atoms with Crippen LogP contribution in [0.5, 0.6) is 23.0 Å². The monoisotopic (exact) mass is 1080 g/mol. The van der Waals surface area contributed by atoms with Gasteiger partial charge in [-0.15, -0.1) is 11.6 Å². The Bertz CT molecular complexity index is 2800. The summed E-state index contributed by atoms with van der Waals surface area (Å²) in [7, 11) is 6.90. The molecule has 3 aliphatic heterocycles. The van der Waals surface area contributed by atoms with Crippen LogP contribution in [0.4, 0.5) is 5.69 Å². The number of ether oxygens (including phenoxy) is 4. The van der Waals surface area contributed by atoms with Crippen molar-refractivity contribution in [2.75, 3.05) is 53.0 Å². The number of benzene rings is 4. The van der Waals surface area contributed by atoms with E-state index in [0.717, 1.165) is 94.0 Å². The number of anilines is 1. The second-order valence-electron chi connectivity index (χ2n) is 21.7. The standard InChI is InChI=1S/C28H32N2O4.C24H27NO3.C4H8ClNO.CH3.Pd/c1-27(2,3)24-14-19-12-18(6-8-21(19)30(24)16-26(32)29(4)5)13-25(31)28(10-11-28)20-7-9-22-23(15-20)34-17-33-22;1-23(2,3)21-12-16-10-15(4-6-18(16)25-21)11-22(26)24(8-9-24)17-5-7-19-20(13-17)28-14-27-19;1-6(2)4(7)3-5;;/h6-9,12,14-15H,10-11,13,16-17H2,1-5H3;4-7,10,13,21,25H,8-9,11-12,14H2,1-3H3;3H2,1-2H3;1H3;/q;;;-1;. The molecule has 2 aliphatic carbocycles. The maximum Gasteiger partial charge on any atom is 0.242 e. The number of alkyl halides is 1. The van der Waals surface area contributed by atoms with E-state index in [0.29, 0.717) is 31.2 Å². The molecule has 12 nitrogen and oxygen atoms in total. The predicted octanol–water partition coefficient (Wildman–Crippen LogP) is 10.0. The molecular formula is C57H70ClN4O8Pd-. The number of likely N-dealkylation sites (N-methyl/N-ethyl adjacent to an activating group) is 1. The van der Waals surface area contributed by atoms with Gasteiger partial charge < -0.3 is 46.1 Å². The van der Waals surface area contributed by atoms with Crippen LogP contribution in [0.15, 0.2) is 78.9 Å². The van der Waals surface area contributed by atoms with Crippen molar-refractivity contribution in [2.45, 2.75) is 115 Å². The van der Waals surface area contributed by atoms with Gasteiger partial charge in [-0.05, 0) is 114 Å². The van der Waals surface area contributed by atoms with E-state index >= 15 is 0 Å². The first-order valence-electron chi connectivity index (χ1n) is 24.0. The molecule has 2 saturated carbocycles. The Morgan fingerprint density at radius 1 is 0.662 bits per heavy atom. The fraction of sp³-hybridized carbons (Fsp3) is 0.456. The molecule has 10 rings (SSSR count). The van der Waals surface area contributed by atoms with Crippen LogP contribution in [0, 0.1) is 12.8 Å². The maximum absolute atomic E-state index is 13.5. The molecule has 14 heteroatoms. The van der Waals surface area contributed by atoms with Gasteiger partial charge in [0.2, 0.25) is 25.4 Å². The summed E-state index contributed by atoms with van der Waals surface area (Å²) in [5.74, 6) is 3.62. The molecule has 1 aromatic heterocycles. The largest absolute Gasteiger partial charge is 0.454 e. The molecule has 5 aliphatic rings. The van der Waals surface area contributed by atoms with E-state index in [2.05, 4.69) is 87.8 Å². The minimum Gasteiger partial charge on any atom is -0.454 e. The number of carbonyl (C=O) groups is 4. The number of carbonyl (C=O) groups excluding carboxylic acids is 4. The van der Waals surface area contributed by atoms with Crippen LogP contribution in [-0.4, -0.2) is 91.4 Å². The minimum atomic E-state index is -0.420. The number of halogens is 1. The van der Waals surface area contributed by atoms with Gasteiger partial charge in [0.25, 0.3) is 0 Å². The average molecular weight is 1080 g/mol. The zero-order valence-electron chi connectivity index (χ0n) is 43.2. The van der Waals surface area contributed by atoms with Gasteiger partial charge >= 0.3 is 0 Å². The molecule has 0 saturated heterocycles. The Kier molecular flexibility index (Phi) is 16.6. The summed E-state index contributed by atoms with van der Waals surface area (Å²) in [5, 5.41) is 4.70. The SMILES string of the molecule is CC(C)(C)C1Cc2cc(CC(=O)C3(c4ccc5c(c4)OCO5)CC3)ccc2N1.CN(C)C(=O)CCl.CN(C)C(=O)Cn1c(C(C)(C)C)cc2cc(CC(=O)C3(c4ccc5c(c4)OCO5)CC3)ccc21.[CH3-].[Pd]. The van der Waals surface area contributed by atoms with Crippen LogP contribution in [0.2, 0.25) is 0 Å². The molecule has 0 bridgehead atoms. The zero-order valence-corrected chi connectivity index (χ0v) is 45.5. The van der Waals surface area contributed by atoms with Crippen molar-refractivity contribution in [1.82, 2.24) is 14.4 Å². The van der Waals surface area contributed by atoms with Crippen molar-refractivity contribution < 1.29 is 58.5 Å². The molecule has 0 spiro atoms. The normalized spacial score (nSPS) is 16.9. The molecule has 1 unspecified atom stereocenters. The van der Waals surface area contributed by atoms with Crippen LogP contribution < -0.4 is 24.3 Å². The third-order valence-corrected chi connectivity index (χ3v) is 14.5. The van der Waals surface area contributed by atoms with Crippen molar-refractivity contribution >= 4 is 51.6 Å². The summed E-state index contributed by atoms with van der Waals surface area (Å²) in [6.45, 7) is 14.1. The molecule has 2 amide bonds. The molecule has 1 N–H and O–H groups in total. The third kappa shape index (κ3) is 11.8. The quantitative estimate of drug-likeness (QED) is 0.0781.